The average Bonchev–Trinajstić information content (AvgIpc) is 2.86. The number of alkyl halides is 3. The van der Waals surface area contributed by atoms with E-state index in [4.69, 9.17) is 0 Å². The minimum Gasteiger partial charge on any atom is -0.464 e. The van der Waals surface area contributed by atoms with Gasteiger partial charge in [-0.05, 0) is 24.3 Å². The van der Waals surface area contributed by atoms with Crippen LogP contribution in [-0.2, 0) is 10.9 Å². The average molecular weight is 288 g/mol. The molecule has 0 amide bonds. The molecule has 0 saturated heterocycles. The number of hydrogen-bond donors (Lipinski definition) is 1. The van der Waals surface area contributed by atoms with E-state index in [0.717, 1.165) is 13.2 Å². The number of carbonyl (C=O) groups excluding carboxylic acids is 1. The van der Waals surface area contributed by atoms with Gasteiger partial charge in [0.2, 0.25) is 0 Å². The molecule has 4 nitrogen and oxygen atoms in total. The number of aromatic amines is 1. The van der Waals surface area contributed by atoms with E-state index in [2.05, 4.69) is 14.9 Å². The summed E-state index contributed by atoms with van der Waals surface area (Å²) in [6, 6.07) is 3.08. The van der Waals surface area contributed by atoms with Gasteiger partial charge in [-0.3, -0.25) is 5.10 Å². The summed E-state index contributed by atoms with van der Waals surface area (Å²) < 4.78 is 55.7. The van der Waals surface area contributed by atoms with Crippen LogP contribution in [-0.4, -0.2) is 23.3 Å². The van der Waals surface area contributed by atoms with Gasteiger partial charge in [0.1, 0.15) is 11.5 Å². The third kappa shape index (κ3) is 2.63. The quantitative estimate of drug-likeness (QED) is 0.682. The van der Waals surface area contributed by atoms with Gasteiger partial charge in [-0.1, -0.05) is 0 Å². The summed E-state index contributed by atoms with van der Waals surface area (Å²) in [6.07, 6.45) is -4.59. The number of benzene rings is 1. The number of aromatic nitrogens is 2. The minimum atomic E-state index is -4.59. The molecule has 0 radical (unpaired) electrons. The van der Waals surface area contributed by atoms with Crippen LogP contribution in [0.3, 0.4) is 0 Å². The van der Waals surface area contributed by atoms with E-state index >= 15 is 0 Å². The van der Waals surface area contributed by atoms with Crippen LogP contribution in [0.5, 0.6) is 0 Å². The van der Waals surface area contributed by atoms with Crippen LogP contribution in [0.2, 0.25) is 0 Å². The third-order valence-corrected chi connectivity index (χ3v) is 2.55. The number of carbonyl (C=O) groups is 1. The molecule has 0 fully saturated rings. The maximum atomic E-state index is 13.6. The second-order valence-electron chi connectivity index (χ2n) is 3.85. The fourth-order valence-corrected chi connectivity index (χ4v) is 1.57. The molecule has 1 aromatic carbocycles. The highest BCUT2D eigenvalue weighted by Gasteiger charge is 2.31. The highest BCUT2D eigenvalue weighted by atomic mass is 19.4. The largest absolute Gasteiger partial charge is 0.464 e. The second kappa shape index (κ2) is 4.95. The Kier molecular flexibility index (Phi) is 3.47. The number of rotatable bonds is 2. The first-order valence-electron chi connectivity index (χ1n) is 5.34. The number of H-pyrrole nitrogens is 1. The van der Waals surface area contributed by atoms with Crippen molar-refractivity contribution in [2.24, 2.45) is 0 Å². The Morgan fingerprint density at radius 1 is 1.30 bits per heavy atom. The zero-order valence-corrected chi connectivity index (χ0v) is 10.1. The Balaban J connectivity index is 2.47. The monoisotopic (exact) mass is 288 g/mol. The lowest BCUT2D eigenvalue weighted by Crippen LogP contribution is -2.05. The number of ether oxygens (including phenoxy) is 1. The molecule has 0 bridgehead atoms. The van der Waals surface area contributed by atoms with E-state index < -0.39 is 23.5 Å². The van der Waals surface area contributed by atoms with Gasteiger partial charge in [0.15, 0.2) is 0 Å². The first-order chi connectivity index (χ1) is 9.32. The number of hydrogen-bond acceptors (Lipinski definition) is 3. The first-order valence-corrected chi connectivity index (χ1v) is 5.34. The lowest BCUT2D eigenvalue weighted by atomic mass is 10.1. The van der Waals surface area contributed by atoms with Gasteiger partial charge in [-0.15, -0.1) is 0 Å². The summed E-state index contributed by atoms with van der Waals surface area (Å²) in [5.41, 5.74) is -1.56. The topological polar surface area (TPSA) is 55.0 Å². The number of methoxy groups -OCH3 is 1. The molecule has 1 heterocycles. The van der Waals surface area contributed by atoms with E-state index in [1.54, 1.807) is 0 Å². The molecule has 8 heteroatoms. The van der Waals surface area contributed by atoms with Crippen molar-refractivity contribution in [1.82, 2.24) is 10.2 Å². The van der Waals surface area contributed by atoms with Gasteiger partial charge in [0.05, 0.1) is 18.4 Å². The van der Waals surface area contributed by atoms with E-state index in [1.807, 2.05) is 0 Å². The van der Waals surface area contributed by atoms with E-state index in [1.165, 1.54) is 0 Å². The first kappa shape index (κ1) is 14.0. The highest BCUT2D eigenvalue weighted by Crippen LogP contribution is 2.33. The Labute approximate surface area is 110 Å². The molecule has 2 aromatic rings. The summed E-state index contributed by atoms with van der Waals surface area (Å²) in [6.45, 7) is 0. The van der Waals surface area contributed by atoms with Crippen molar-refractivity contribution in [3.8, 4) is 11.3 Å². The van der Waals surface area contributed by atoms with Crippen LogP contribution in [0, 0.1) is 5.82 Å². The maximum Gasteiger partial charge on any atom is 0.416 e. The van der Waals surface area contributed by atoms with Crippen LogP contribution in [0.1, 0.15) is 16.1 Å². The summed E-state index contributed by atoms with van der Waals surface area (Å²) in [5, 5.41) is 5.87. The van der Waals surface area contributed by atoms with Crippen LogP contribution in [0.4, 0.5) is 17.6 Å². The summed E-state index contributed by atoms with van der Waals surface area (Å²) in [7, 11) is 1.13. The van der Waals surface area contributed by atoms with Crippen LogP contribution < -0.4 is 0 Å². The molecular weight excluding hydrogens is 280 g/mol. The molecule has 0 unspecified atom stereocenters. The van der Waals surface area contributed by atoms with Crippen molar-refractivity contribution in [3.63, 3.8) is 0 Å². The predicted octanol–water partition coefficient (Wildman–Crippen LogP) is 3.02. The number of halogens is 4. The molecule has 0 aliphatic rings. The SMILES string of the molecule is COC(=O)c1cc(-c2cc(C(F)(F)F)ccc2F)n[nH]1. The Morgan fingerprint density at radius 2 is 2.00 bits per heavy atom. The molecule has 20 heavy (non-hydrogen) atoms. The molecule has 2 rings (SSSR count). The summed E-state index contributed by atoms with van der Waals surface area (Å²) in [4.78, 5) is 11.2. The normalized spacial score (nSPS) is 11.4. The molecule has 0 atom stereocenters. The molecular formula is C12H8F4N2O2. The zero-order valence-electron chi connectivity index (χ0n) is 10.1. The van der Waals surface area contributed by atoms with Gasteiger partial charge in [0, 0.05) is 5.56 Å². The zero-order chi connectivity index (χ0) is 14.9. The van der Waals surface area contributed by atoms with Crippen molar-refractivity contribution in [1.29, 1.82) is 0 Å². The van der Waals surface area contributed by atoms with Crippen molar-refractivity contribution < 1.29 is 27.1 Å². The Bertz CT molecular complexity index is 649. The molecule has 0 aliphatic heterocycles. The van der Waals surface area contributed by atoms with Gasteiger partial charge < -0.3 is 4.74 Å². The Morgan fingerprint density at radius 3 is 2.60 bits per heavy atom. The number of nitrogens with one attached hydrogen (secondary N) is 1. The third-order valence-electron chi connectivity index (χ3n) is 2.55. The van der Waals surface area contributed by atoms with Gasteiger partial charge in [-0.2, -0.15) is 18.3 Å². The van der Waals surface area contributed by atoms with Crippen molar-refractivity contribution >= 4 is 5.97 Å². The van der Waals surface area contributed by atoms with Crippen molar-refractivity contribution in [3.05, 3.63) is 41.3 Å². The number of esters is 1. The summed E-state index contributed by atoms with van der Waals surface area (Å²) in [5.74, 6) is -1.63. The second-order valence-corrected chi connectivity index (χ2v) is 3.85. The predicted molar refractivity (Wildman–Crippen MR) is 60.3 cm³/mol. The van der Waals surface area contributed by atoms with E-state index in [0.29, 0.717) is 18.2 Å². The van der Waals surface area contributed by atoms with Gasteiger partial charge in [-0.25, -0.2) is 9.18 Å². The maximum absolute atomic E-state index is 13.6. The fourth-order valence-electron chi connectivity index (χ4n) is 1.57. The lowest BCUT2D eigenvalue weighted by Gasteiger charge is -2.08. The smallest absolute Gasteiger partial charge is 0.416 e. The molecule has 0 saturated carbocycles. The van der Waals surface area contributed by atoms with Crippen LogP contribution >= 0.6 is 0 Å². The molecule has 0 spiro atoms. The number of nitrogens with zero attached hydrogens (tertiary/aromatic N) is 1. The van der Waals surface area contributed by atoms with E-state index in [-0.39, 0.29) is 17.0 Å². The summed E-state index contributed by atoms with van der Waals surface area (Å²) >= 11 is 0. The van der Waals surface area contributed by atoms with Crippen LogP contribution in [0.15, 0.2) is 24.3 Å². The highest BCUT2D eigenvalue weighted by molar-refractivity contribution is 5.88. The molecule has 106 valence electrons. The van der Waals surface area contributed by atoms with Gasteiger partial charge >= 0.3 is 12.1 Å². The molecule has 1 aromatic heterocycles. The van der Waals surface area contributed by atoms with E-state index in [9.17, 15) is 22.4 Å². The molecule has 1 N–H and O–H groups in total. The fraction of sp³-hybridized carbons (Fsp3) is 0.167. The lowest BCUT2D eigenvalue weighted by molar-refractivity contribution is -0.137. The van der Waals surface area contributed by atoms with Gasteiger partial charge in [0.25, 0.3) is 0 Å². The Hall–Kier alpha value is -2.38. The van der Waals surface area contributed by atoms with Crippen molar-refractivity contribution in [2.75, 3.05) is 7.11 Å². The molecule has 0 aliphatic carbocycles. The minimum absolute atomic E-state index is 0.0840. The van der Waals surface area contributed by atoms with Crippen molar-refractivity contribution in [2.45, 2.75) is 6.18 Å². The van der Waals surface area contributed by atoms with Crippen LogP contribution in [0.25, 0.3) is 11.3 Å². The standard InChI is InChI=1S/C12H8F4N2O2/c1-20-11(19)10-5-9(17-18-10)7-4-6(12(14,15)16)2-3-8(7)13/h2-5H,1H3,(H,17,18).